The van der Waals surface area contributed by atoms with Crippen LogP contribution in [0, 0.1) is 11.7 Å². The normalized spacial score (nSPS) is 17.6. The van der Waals surface area contributed by atoms with E-state index in [1.54, 1.807) is 53.7 Å². The Hall–Kier alpha value is -3.95. The first-order chi connectivity index (χ1) is 17.0. The third kappa shape index (κ3) is 5.32. The molecule has 0 saturated carbocycles. The summed E-state index contributed by atoms with van der Waals surface area (Å²) in [5, 5.41) is 2.58. The molecule has 1 aliphatic heterocycles. The van der Waals surface area contributed by atoms with Crippen molar-refractivity contribution in [2.45, 2.75) is 32.2 Å². The standard InChI is InChI=1S/C26H23F4N3O3/c1-15(2)14-33-23(16-6-5-11-31-13-16)22(18-7-3-4-8-19(18)25(33)35)24(34)32-17-9-10-20(27)21(12-17)36-26(28,29)30/h3-13,15,22-23H,14H2,1-2H3,(H,32,34)/t22-,23+/m0/s1. The van der Waals surface area contributed by atoms with Gasteiger partial charge in [-0.25, -0.2) is 4.39 Å². The zero-order valence-electron chi connectivity index (χ0n) is 19.4. The molecule has 1 aromatic heterocycles. The van der Waals surface area contributed by atoms with Crippen molar-refractivity contribution in [1.82, 2.24) is 9.88 Å². The second kappa shape index (κ2) is 9.96. The van der Waals surface area contributed by atoms with E-state index in [9.17, 15) is 27.2 Å². The summed E-state index contributed by atoms with van der Waals surface area (Å²) in [6.07, 6.45) is -1.95. The van der Waals surface area contributed by atoms with Gasteiger partial charge in [-0.1, -0.05) is 38.1 Å². The Morgan fingerprint density at radius 2 is 1.89 bits per heavy atom. The van der Waals surface area contributed by atoms with Gasteiger partial charge in [-0.2, -0.15) is 0 Å². The van der Waals surface area contributed by atoms with E-state index in [2.05, 4.69) is 15.0 Å². The topological polar surface area (TPSA) is 71.5 Å². The summed E-state index contributed by atoms with van der Waals surface area (Å²) in [6.45, 7) is 4.25. The number of hydrogen-bond donors (Lipinski definition) is 1. The van der Waals surface area contributed by atoms with Crippen molar-refractivity contribution in [3.63, 3.8) is 0 Å². The van der Waals surface area contributed by atoms with Crippen molar-refractivity contribution in [1.29, 1.82) is 0 Å². The van der Waals surface area contributed by atoms with Gasteiger partial charge in [-0.3, -0.25) is 14.6 Å². The molecule has 1 N–H and O–H groups in total. The molecule has 0 spiro atoms. The summed E-state index contributed by atoms with van der Waals surface area (Å²) in [5.74, 6) is -3.94. The van der Waals surface area contributed by atoms with E-state index in [1.165, 1.54) is 0 Å². The van der Waals surface area contributed by atoms with E-state index in [0.717, 1.165) is 18.2 Å². The van der Waals surface area contributed by atoms with E-state index >= 15 is 0 Å². The molecule has 188 valence electrons. The van der Waals surface area contributed by atoms with Gasteiger partial charge in [0.25, 0.3) is 5.91 Å². The Morgan fingerprint density at radius 1 is 1.14 bits per heavy atom. The third-order valence-corrected chi connectivity index (χ3v) is 5.73. The lowest BCUT2D eigenvalue weighted by atomic mass is 9.79. The van der Waals surface area contributed by atoms with Gasteiger partial charge in [-0.15, -0.1) is 13.2 Å². The Kier molecular flexibility index (Phi) is 6.96. The highest BCUT2D eigenvalue weighted by Gasteiger charge is 2.44. The highest BCUT2D eigenvalue weighted by Crippen LogP contribution is 2.43. The highest BCUT2D eigenvalue weighted by atomic mass is 19.4. The van der Waals surface area contributed by atoms with Crippen LogP contribution in [-0.2, 0) is 4.79 Å². The molecule has 10 heteroatoms. The van der Waals surface area contributed by atoms with E-state index in [4.69, 9.17) is 0 Å². The SMILES string of the molecule is CC(C)CN1C(=O)c2ccccc2[C@H](C(=O)Nc2ccc(F)c(OC(F)(F)F)c2)[C@H]1c1cccnc1. The van der Waals surface area contributed by atoms with Crippen LogP contribution in [0.2, 0.25) is 0 Å². The lowest BCUT2D eigenvalue weighted by Gasteiger charge is -2.42. The number of benzene rings is 2. The molecule has 1 aliphatic rings. The molecule has 36 heavy (non-hydrogen) atoms. The number of fused-ring (bicyclic) bond motifs is 1. The predicted octanol–water partition coefficient (Wildman–Crippen LogP) is 5.69. The average Bonchev–Trinajstić information content (AvgIpc) is 2.82. The van der Waals surface area contributed by atoms with Crippen molar-refractivity contribution in [3.05, 3.63) is 89.5 Å². The largest absolute Gasteiger partial charge is 0.573 e. The first kappa shape index (κ1) is 25.2. The number of rotatable bonds is 6. The van der Waals surface area contributed by atoms with Crippen LogP contribution in [0.15, 0.2) is 67.0 Å². The fourth-order valence-corrected chi connectivity index (χ4v) is 4.40. The number of ether oxygens (including phenoxy) is 1. The predicted molar refractivity (Wildman–Crippen MR) is 124 cm³/mol. The lowest BCUT2D eigenvalue weighted by molar-refractivity contribution is -0.275. The number of amides is 2. The summed E-state index contributed by atoms with van der Waals surface area (Å²) < 4.78 is 55.7. The molecular formula is C26H23F4N3O3. The van der Waals surface area contributed by atoms with Crippen molar-refractivity contribution in [2.24, 2.45) is 5.92 Å². The summed E-state index contributed by atoms with van der Waals surface area (Å²) in [7, 11) is 0. The summed E-state index contributed by atoms with van der Waals surface area (Å²) in [4.78, 5) is 33.0. The summed E-state index contributed by atoms with van der Waals surface area (Å²) in [5.41, 5.74) is 1.37. The number of nitrogens with one attached hydrogen (secondary N) is 1. The Balaban J connectivity index is 1.78. The van der Waals surface area contributed by atoms with Crippen LogP contribution in [0.5, 0.6) is 5.75 Å². The molecule has 0 unspecified atom stereocenters. The minimum Gasteiger partial charge on any atom is -0.403 e. The summed E-state index contributed by atoms with van der Waals surface area (Å²) in [6, 6.07) is 12.1. The molecule has 0 aliphatic carbocycles. The van der Waals surface area contributed by atoms with Crippen molar-refractivity contribution in [3.8, 4) is 5.75 Å². The Bertz CT molecular complexity index is 1260. The fourth-order valence-electron chi connectivity index (χ4n) is 4.40. The summed E-state index contributed by atoms with van der Waals surface area (Å²) >= 11 is 0. The maximum atomic E-state index is 13.9. The van der Waals surface area contributed by atoms with Crippen LogP contribution in [-0.4, -0.2) is 34.6 Å². The smallest absolute Gasteiger partial charge is 0.403 e. The molecule has 2 atom stereocenters. The van der Waals surface area contributed by atoms with Gasteiger partial charge in [0.2, 0.25) is 5.91 Å². The number of aromatic nitrogens is 1. The molecular weight excluding hydrogens is 478 g/mol. The van der Waals surface area contributed by atoms with E-state index in [1.807, 2.05) is 13.8 Å². The number of carbonyl (C=O) groups excluding carboxylic acids is 2. The first-order valence-electron chi connectivity index (χ1n) is 11.2. The van der Waals surface area contributed by atoms with E-state index in [-0.39, 0.29) is 17.5 Å². The highest BCUT2D eigenvalue weighted by molar-refractivity contribution is 6.04. The minimum atomic E-state index is -5.10. The molecule has 2 heterocycles. The molecule has 0 bridgehead atoms. The number of halogens is 4. The molecule has 2 aromatic carbocycles. The molecule has 3 aromatic rings. The van der Waals surface area contributed by atoms with E-state index in [0.29, 0.717) is 23.2 Å². The van der Waals surface area contributed by atoms with Gasteiger partial charge in [0.1, 0.15) is 0 Å². The second-order valence-electron chi connectivity index (χ2n) is 8.83. The van der Waals surface area contributed by atoms with Gasteiger partial charge in [0.05, 0.1) is 12.0 Å². The second-order valence-corrected chi connectivity index (χ2v) is 8.83. The number of anilines is 1. The average molecular weight is 501 g/mol. The first-order valence-corrected chi connectivity index (χ1v) is 11.2. The monoisotopic (exact) mass is 501 g/mol. The van der Waals surface area contributed by atoms with Crippen LogP contribution in [0.1, 0.15) is 47.3 Å². The third-order valence-electron chi connectivity index (χ3n) is 5.73. The molecule has 0 saturated heterocycles. The number of carbonyl (C=O) groups is 2. The molecule has 2 amide bonds. The molecule has 0 fully saturated rings. The number of alkyl halides is 3. The van der Waals surface area contributed by atoms with Crippen LogP contribution in [0.4, 0.5) is 23.2 Å². The van der Waals surface area contributed by atoms with Crippen molar-refractivity contribution in [2.75, 3.05) is 11.9 Å². The minimum absolute atomic E-state index is 0.0845. The van der Waals surface area contributed by atoms with Gasteiger partial charge in [-0.05, 0) is 41.3 Å². The molecule has 0 radical (unpaired) electrons. The number of nitrogens with zero attached hydrogens (tertiary/aromatic N) is 2. The van der Waals surface area contributed by atoms with Crippen molar-refractivity contribution >= 4 is 17.5 Å². The van der Waals surface area contributed by atoms with Gasteiger partial charge >= 0.3 is 6.36 Å². The Labute approximate surface area is 204 Å². The van der Waals surface area contributed by atoms with E-state index < -0.39 is 35.8 Å². The zero-order valence-corrected chi connectivity index (χ0v) is 19.4. The number of pyridine rings is 1. The van der Waals surface area contributed by atoms with Crippen LogP contribution in [0.25, 0.3) is 0 Å². The maximum absolute atomic E-state index is 13.9. The lowest BCUT2D eigenvalue weighted by Crippen LogP contribution is -2.47. The van der Waals surface area contributed by atoms with Crippen LogP contribution < -0.4 is 10.1 Å². The van der Waals surface area contributed by atoms with Gasteiger partial charge in [0.15, 0.2) is 11.6 Å². The number of hydrogen-bond acceptors (Lipinski definition) is 4. The van der Waals surface area contributed by atoms with Crippen molar-refractivity contribution < 1.29 is 31.9 Å². The van der Waals surface area contributed by atoms with Gasteiger partial charge < -0.3 is 15.0 Å². The fraction of sp³-hybridized carbons (Fsp3) is 0.269. The Morgan fingerprint density at radius 3 is 2.56 bits per heavy atom. The van der Waals surface area contributed by atoms with Crippen LogP contribution in [0.3, 0.4) is 0 Å². The zero-order chi connectivity index (χ0) is 26.0. The maximum Gasteiger partial charge on any atom is 0.573 e. The molecule has 4 rings (SSSR count). The van der Waals surface area contributed by atoms with Gasteiger partial charge in [0, 0.05) is 36.3 Å². The molecule has 6 nitrogen and oxygen atoms in total. The quantitative estimate of drug-likeness (QED) is 0.440. The van der Waals surface area contributed by atoms with Crippen LogP contribution >= 0.6 is 0 Å².